The molecule has 1 fully saturated rings. The van der Waals surface area contributed by atoms with Crippen molar-refractivity contribution in [2.24, 2.45) is 5.73 Å². The zero-order valence-electron chi connectivity index (χ0n) is 10.4. The Labute approximate surface area is 120 Å². The van der Waals surface area contributed by atoms with Gasteiger partial charge in [-0.05, 0) is 34.5 Å². The van der Waals surface area contributed by atoms with E-state index in [2.05, 4.69) is 21.2 Å². The lowest BCUT2D eigenvalue weighted by atomic mass is 10.2. The number of nitrogens with two attached hydrogens (primary N) is 1. The lowest BCUT2D eigenvalue weighted by Crippen LogP contribution is -2.40. The molecular weight excluding hydrogens is 310 g/mol. The van der Waals surface area contributed by atoms with Crippen LogP contribution in [-0.4, -0.2) is 42.4 Å². The number of amides is 2. The van der Waals surface area contributed by atoms with Crippen molar-refractivity contribution in [1.82, 2.24) is 10.2 Å². The average Bonchev–Trinajstić information content (AvgIpc) is 2.74. The molecule has 0 aliphatic carbocycles. The topological polar surface area (TPSA) is 75.4 Å². The normalized spacial score (nSPS) is 19.4. The zero-order valence-corrected chi connectivity index (χ0v) is 12.0. The van der Waals surface area contributed by atoms with Crippen molar-refractivity contribution in [2.75, 3.05) is 19.6 Å². The largest absolute Gasteiger partial charge is 0.326 e. The molecule has 1 aromatic rings. The summed E-state index contributed by atoms with van der Waals surface area (Å²) in [6.07, 6.45) is 0.894. The summed E-state index contributed by atoms with van der Waals surface area (Å²) in [5.41, 5.74) is 6.22. The van der Waals surface area contributed by atoms with Crippen LogP contribution < -0.4 is 11.1 Å². The molecule has 1 aliphatic heterocycles. The number of benzene rings is 1. The fourth-order valence-corrected chi connectivity index (χ4v) is 2.55. The minimum absolute atomic E-state index is 0.131. The molecule has 3 N–H and O–H groups in total. The van der Waals surface area contributed by atoms with Crippen molar-refractivity contribution < 1.29 is 9.59 Å². The molecule has 1 aliphatic rings. The smallest absolute Gasteiger partial charge is 0.259 e. The summed E-state index contributed by atoms with van der Waals surface area (Å²) < 4.78 is 0.670. The molecule has 1 aromatic carbocycles. The van der Waals surface area contributed by atoms with Gasteiger partial charge < -0.3 is 5.73 Å². The first kappa shape index (κ1) is 14.2. The second kappa shape index (κ2) is 6.27. The Morgan fingerprint density at radius 2 is 2.16 bits per heavy atom. The van der Waals surface area contributed by atoms with Gasteiger partial charge in [-0.1, -0.05) is 12.1 Å². The van der Waals surface area contributed by atoms with Gasteiger partial charge in [0.05, 0.1) is 12.1 Å². The van der Waals surface area contributed by atoms with Gasteiger partial charge in [-0.3, -0.25) is 19.8 Å². The third-order valence-corrected chi connectivity index (χ3v) is 3.74. The molecule has 0 bridgehead atoms. The van der Waals surface area contributed by atoms with Crippen molar-refractivity contribution in [2.45, 2.75) is 12.5 Å². The van der Waals surface area contributed by atoms with Gasteiger partial charge in [0, 0.05) is 23.6 Å². The van der Waals surface area contributed by atoms with Crippen LogP contribution >= 0.6 is 15.9 Å². The highest BCUT2D eigenvalue weighted by Gasteiger charge is 2.22. The monoisotopic (exact) mass is 325 g/mol. The number of nitrogens with zero attached hydrogens (tertiary/aromatic N) is 1. The van der Waals surface area contributed by atoms with E-state index in [1.807, 2.05) is 11.0 Å². The van der Waals surface area contributed by atoms with Gasteiger partial charge in [0.1, 0.15) is 0 Å². The lowest BCUT2D eigenvalue weighted by Gasteiger charge is -2.14. The van der Waals surface area contributed by atoms with Gasteiger partial charge in [-0.15, -0.1) is 0 Å². The second-order valence-corrected chi connectivity index (χ2v) is 5.50. The van der Waals surface area contributed by atoms with Crippen LogP contribution in [0.5, 0.6) is 0 Å². The number of hydrogen-bond donors (Lipinski definition) is 2. The van der Waals surface area contributed by atoms with Crippen molar-refractivity contribution >= 4 is 27.7 Å². The molecule has 0 spiro atoms. The number of rotatable bonds is 3. The van der Waals surface area contributed by atoms with Crippen LogP contribution in [0.15, 0.2) is 28.7 Å². The third kappa shape index (κ3) is 3.86. The van der Waals surface area contributed by atoms with E-state index < -0.39 is 0 Å². The number of carbonyl (C=O) groups is 2. The summed E-state index contributed by atoms with van der Waals surface area (Å²) in [6, 6.07) is 7.13. The number of carbonyl (C=O) groups excluding carboxylic acids is 2. The SMILES string of the molecule is N[C@H]1CCN(CC(=O)NC(=O)c2ccccc2Br)C1. The molecule has 102 valence electrons. The molecule has 0 saturated carbocycles. The van der Waals surface area contributed by atoms with E-state index in [1.54, 1.807) is 18.2 Å². The van der Waals surface area contributed by atoms with Gasteiger partial charge in [-0.2, -0.15) is 0 Å². The summed E-state index contributed by atoms with van der Waals surface area (Å²) in [4.78, 5) is 25.6. The van der Waals surface area contributed by atoms with Crippen molar-refractivity contribution in [1.29, 1.82) is 0 Å². The van der Waals surface area contributed by atoms with Crippen molar-refractivity contribution in [3.05, 3.63) is 34.3 Å². The van der Waals surface area contributed by atoms with Crippen LogP contribution in [0.1, 0.15) is 16.8 Å². The lowest BCUT2D eigenvalue weighted by molar-refractivity contribution is -0.121. The van der Waals surface area contributed by atoms with Gasteiger partial charge in [-0.25, -0.2) is 0 Å². The fourth-order valence-electron chi connectivity index (χ4n) is 2.09. The zero-order chi connectivity index (χ0) is 13.8. The molecule has 5 nitrogen and oxygen atoms in total. The molecule has 6 heteroatoms. The van der Waals surface area contributed by atoms with E-state index in [0.717, 1.165) is 13.0 Å². The van der Waals surface area contributed by atoms with Gasteiger partial charge in [0.2, 0.25) is 5.91 Å². The van der Waals surface area contributed by atoms with Crippen molar-refractivity contribution in [3.63, 3.8) is 0 Å². The second-order valence-electron chi connectivity index (χ2n) is 4.64. The first-order chi connectivity index (χ1) is 9.06. The summed E-state index contributed by atoms with van der Waals surface area (Å²) in [6.45, 7) is 1.72. The Kier molecular flexibility index (Phi) is 4.68. The third-order valence-electron chi connectivity index (χ3n) is 3.05. The highest BCUT2D eigenvalue weighted by molar-refractivity contribution is 9.10. The standard InChI is InChI=1S/C13H16BrN3O2/c14-11-4-2-1-3-10(11)13(19)16-12(18)8-17-6-5-9(15)7-17/h1-4,9H,5-8,15H2,(H,16,18,19)/t9-/m0/s1. The van der Waals surface area contributed by atoms with Crippen LogP contribution in [0.25, 0.3) is 0 Å². The Morgan fingerprint density at radius 1 is 1.42 bits per heavy atom. The number of hydrogen-bond acceptors (Lipinski definition) is 4. The van der Waals surface area contributed by atoms with E-state index in [4.69, 9.17) is 5.73 Å². The minimum Gasteiger partial charge on any atom is -0.326 e. The predicted molar refractivity (Wildman–Crippen MR) is 75.6 cm³/mol. The van der Waals surface area contributed by atoms with E-state index in [9.17, 15) is 9.59 Å². The average molecular weight is 326 g/mol. The molecule has 1 heterocycles. The first-order valence-corrected chi connectivity index (χ1v) is 6.92. The minimum atomic E-state index is -0.388. The maximum absolute atomic E-state index is 11.9. The quantitative estimate of drug-likeness (QED) is 0.859. The number of likely N-dealkylation sites (tertiary alicyclic amines) is 1. The van der Waals surface area contributed by atoms with Gasteiger partial charge in [0.25, 0.3) is 5.91 Å². The van der Waals surface area contributed by atoms with Crippen LogP contribution in [0.2, 0.25) is 0 Å². The van der Waals surface area contributed by atoms with E-state index in [0.29, 0.717) is 16.6 Å². The molecular formula is C13H16BrN3O2. The predicted octanol–water partition coefficient (Wildman–Crippen LogP) is 0.739. The number of nitrogens with one attached hydrogen (secondary N) is 1. The molecule has 1 atom stereocenters. The highest BCUT2D eigenvalue weighted by atomic mass is 79.9. The summed E-state index contributed by atoms with van der Waals surface area (Å²) in [7, 11) is 0. The maximum atomic E-state index is 11.9. The van der Waals surface area contributed by atoms with Gasteiger partial charge in [0.15, 0.2) is 0 Å². The maximum Gasteiger partial charge on any atom is 0.259 e. The van der Waals surface area contributed by atoms with Gasteiger partial charge >= 0.3 is 0 Å². The summed E-state index contributed by atoms with van der Waals surface area (Å²) in [5.74, 6) is -0.684. The van der Waals surface area contributed by atoms with Crippen molar-refractivity contribution in [3.8, 4) is 0 Å². The van der Waals surface area contributed by atoms with Crippen LogP contribution in [0, 0.1) is 0 Å². The fraction of sp³-hybridized carbons (Fsp3) is 0.385. The number of imide groups is 1. The Bertz CT molecular complexity index is 493. The Morgan fingerprint density at radius 3 is 2.79 bits per heavy atom. The summed E-state index contributed by atoms with van der Waals surface area (Å²) >= 11 is 3.28. The Hall–Kier alpha value is -1.24. The molecule has 2 amide bonds. The molecule has 0 unspecified atom stereocenters. The molecule has 0 radical (unpaired) electrons. The molecule has 2 rings (SSSR count). The number of halogens is 1. The molecule has 0 aromatic heterocycles. The van der Waals surface area contributed by atoms with Crippen LogP contribution in [0.4, 0.5) is 0 Å². The highest BCUT2D eigenvalue weighted by Crippen LogP contribution is 2.15. The Balaban J connectivity index is 1.89. The van der Waals surface area contributed by atoms with Crippen LogP contribution in [-0.2, 0) is 4.79 Å². The summed E-state index contributed by atoms with van der Waals surface area (Å²) in [5, 5.41) is 2.39. The molecule has 19 heavy (non-hydrogen) atoms. The molecule has 1 saturated heterocycles. The first-order valence-electron chi connectivity index (χ1n) is 6.13. The van der Waals surface area contributed by atoms with Crippen LogP contribution in [0.3, 0.4) is 0 Å². The van der Waals surface area contributed by atoms with E-state index >= 15 is 0 Å². The van der Waals surface area contributed by atoms with E-state index in [-0.39, 0.29) is 24.4 Å². The van der Waals surface area contributed by atoms with E-state index in [1.165, 1.54) is 0 Å².